The number of carbonyl (C=O) groups excluding carboxylic acids is 1. The third kappa shape index (κ3) is 3.32. The fourth-order valence-corrected chi connectivity index (χ4v) is 3.65. The summed E-state index contributed by atoms with van der Waals surface area (Å²) in [7, 11) is 1.87. The van der Waals surface area contributed by atoms with Gasteiger partial charge in [0, 0.05) is 12.7 Å². The number of benzene rings is 2. The molecule has 0 aliphatic carbocycles. The first-order chi connectivity index (χ1) is 14.3. The maximum atomic E-state index is 12.3. The Morgan fingerprint density at radius 1 is 1.23 bits per heavy atom. The zero-order chi connectivity index (χ0) is 21.6. The van der Waals surface area contributed by atoms with Gasteiger partial charge in [0.25, 0.3) is 0 Å². The molecular weight excluding hydrogens is 380 g/mol. The normalized spacial score (nSPS) is 14.3. The fourth-order valence-electron chi connectivity index (χ4n) is 3.65. The zero-order valence-electron chi connectivity index (χ0n) is 17.4. The van der Waals surface area contributed by atoms with E-state index in [4.69, 9.17) is 10.1 Å². The van der Waals surface area contributed by atoms with Crippen LogP contribution in [0, 0.1) is 12.3 Å². The number of fused-ring (bicyclic) bond motifs is 1. The topological polar surface area (TPSA) is 91.4 Å². The lowest BCUT2D eigenvalue weighted by Crippen LogP contribution is -2.26. The molecule has 0 radical (unpaired) electrons. The Labute approximate surface area is 174 Å². The molecule has 2 heterocycles. The number of rotatable bonds is 4. The van der Waals surface area contributed by atoms with Crippen molar-refractivity contribution in [2.45, 2.75) is 26.9 Å². The summed E-state index contributed by atoms with van der Waals surface area (Å²) in [6.45, 7) is 5.73. The number of aryl methyl sites for hydroxylation is 2. The predicted molar refractivity (Wildman–Crippen MR) is 117 cm³/mol. The third-order valence-electron chi connectivity index (χ3n) is 5.10. The Balaban J connectivity index is 1.68. The van der Waals surface area contributed by atoms with E-state index >= 15 is 0 Å². The molecule has 30 heavy (non-hydrogen) atoms. The van der Waals surface area contributed by atoms with Gasteiger partial charge in [0.15, 0.2) is 0 Å². The number of anilines is 1. The molecule has 154 valence electrons. The first-order valence-electron chi connectivity index (χ1n) is 9.79. The summed E-state index contributed by atoms with van der Waals surface area (Å²) in [6.07, 6.45) is -0.218. The Hall–Kier alpha value is -3.61. The van der Waals surface area contributed by atoms with Crippen molar-refractivity contribution in [2.24, 2.45) is 7.05 Å². The first-order valence-corrected chi connectivity index (χ1v) is 9.79. The summed E-state index contributed by atoms with van der Waals surface area (Å²) in [5, 5.41) is 19.4. The summed E-state index contributed by atoms with van der Waals surface area (Å²) >= 11 is 0. The van der Waals surface area contributed by atoms with Crippen LogP contribution in [0.4, 0.5) is 5.69 Å². The molecule has 7 nitrogen and oxygen atoms in total. The SMILES string of the molecule is Cc1ccc2c(c1)nc(C1=C(O)CN(c3cccc(C(=O)OC(C)C)c3)C1=N)n2C. The van der Waals surface area contributed by atoms with E-state index in [0.717, 1.165) is 16.6 Å². The summed E-state index contributed by atoms with van der Waals surface area (Å²) < 4.78 is 7.15. The number of imidazole rings is 1. The molecular formula is C23H24N4O3. The van der Waals surface area contributed by atoms with Gasteiger partial charge >= 0.3 is 5.97 Å². The number of nitrogens with zero attached hydrogens (tertiary/aromatic N) is 3. The average molecular weight is 404 g/mol. The molecule has 0 amide bonds. The molecule has 2 aromatic carbocycles. The van der Waals surface area contributed by atoms with E-state index in [0.29, 0.717) is 22.6 Å². The fraction of sp³-hybridized carbons (Fsp3) is 0.261. The van der Waals surface area contributed by atoms with Crippen molar-refractivity contribution in [3.63, 3.8) is 0 Å². The molecule has 4 rings (SSSR count). The van der Waals surface area contributed by atoms with Crippen LogP contribution in [0.15, 0.2) is 48.2 Å². The molecule has 0 saturated carbocycles. The van der Waals surface area contributed by atoms with Crippen LogP contribution in [0.5, 0.6) is 0 Å². The summed E-state index contributed by atoms with van der Waals surface area (Å²) in [5.41, 5.74) is 4.27. The van der Waals surface area contributed by atoms with Crippen LogP contribution in [0.2, 0.25) is 0 Å². The van der Waals surface area contributed by atoms with Gasteiger partial charge in [-0.15, -0.1) is 0 Å². The van der Waals surface area contributed by atoms with Crippen molar-refractivity contribution in [2.75, 3.05) is 11.4 Å². The van der Waals surface area contributed by atoms with Gasteiger partial charge in [-0.1, -0.05) is 12.1 Å². The number of aliphatic hydroxyl groups is 1. The Morgan fingerprint density at radius 2 is 2.00 bits per heavy atom. The second-order valence-electron chi connectivity index (χ2n) is 7.75. The largest absolute Gasteiger partial charge is 0.509 e. The van der Waals surface area contributed by atoms with E-state index in [1.54, 1.807) is 43.0 Å². The van der Waals surface area contributed by atoms with E-state index in [-0.39, 0.29) is 24.2 Å². The molecule has 2 N–H and O–H groups in total. The van der Waals surface area contributed by atoms with Gasteiger partial charge in [-0.3, -0.25) is 5.41 Å². The standard InChI is InChI=1S/C23H24N4O3/c1-13(2)30-23(29)15-6-5-7-16(11-15)27-12-19(28)20(21(27)24)22-25-17-10-14(3)8-9-18(17)26(22)4/h5-11,13,24,28H,12H2,1-4H3. The highest BCUT2D eigenvalue weighted by molar-refractivity contribution is 6.30. The number of esters is 1. The number of hydrogen-bond acceptors (Lipinski definition) is 5. The van der Waals surface area contributed by atoms with Crippen LogP contribution in [0.1, 0.15) is 35.6 Å². The summed E-state index contributed by atoms with van der Waals surface area (Å²) in [5.74, 6) is 0.332. The van der Waals surface area contributed by atoms with E-state index in [2.05, 4.69) is 4.98 Å². The van der Waals surface area contributed by atoms with Crippen molar-refractivity contribution >= 4 is 34.1 Å². The van der Waals surface area contributed by atoms with Crippen LogP contribution >= 0.6 is 0 Å². The molecule has 3 aromatic rings. The number of aromatic nitrogens is 2. The molecule has 0 bridgehead atoms. The number of amidine groups is 1. The van der Waals surface area contributed by atoms with E-state index in [1.807, 2.05) is 36.7 Å². The number of aliphatic hydroxyl groups excluding tert-OH is 1. The molecule has 0 atom stereocenters. The number of carbonyl (C=O) groups is 1. The van der Waals surface area contributed by atoms with E-state index < -0.39 is 5.97 Å². The van der Waals surface area contributed by atoms with Crippen molar-refractivity contribution in [1.82, 2.24) is 9.55 Å². The van der Waals surface area contributed by atoms with Gasteiger partial charge in [0.1, 0.15) is 17.4 Å². The highest BCUT2D eigenvalue weighted by Crippen LogP contribution is 2.32. The third-order valence-corrected chi connectivity index (χ3v) is 5.10. The first kappa shape index (κ1) is 19.7. The van der Waals surface area contributed by atoms with Crippen LogP contribution in [0.3, 0.4) is 0 Å². The predicted octanol–water partition coefficient (Wildman–Crippen LogP) is 4.21. The highest BCUT2D eigenvalue weighted by atomic mass is 16.5. The van der Waals surface area contributed by atoms with Gasteiger partial charge in [-0.2, -0.15) is 0 Å². The van der Waals surface area contributed by atoms with Gasteiger partial charge < -0.3 is 19.3 Å². The molecule has 1 aromatic heterocycles. The van der Waals surface area contributed by atoms with Crippen LogP contribution in [-0.4, -0.2) is 39.1 Å². The quantitative estimate of drug-likeness (QED) is 0.636. The average Bonchev–Trinajstić information content (AvgIpc) is 3.16. The summed E-state index contributed by atoms with van der Waals surface area (Å²) in [6, 6.07) is 12.9. The second kappa shape index (κ2) is 7.33. The zero-order valence-corrected chi connectivity index (χ0v) is 17.4. The summed E-state index contributed by atoms with van der Waals surface area (Å²) in [4.78, 5) is 18.6. The van der Waals surface area contributed by atoms with Crippen LogP contribution in [0.25, 0.3) is 16.6 Å². The maximum absolute atomic E-state index is 12.3. The van der Waals surface area contributed by atoms with Crippen LogP contribution in [-0.2, 0) is 11.8 Å². The van der Waals surface area contributed by atoms with Crippen molar-refractivity contribution in [3.8, 4) is 0 Å². The lowest BCUT2D eigenvalue weighted by molar-refractivity contribution is 0.0378. The molecule has 0 saturated heterocycles. The molecule has 0 unspecified atom stereocenters. The van der Waals surface area contributed by atoms with Crippen molar-refractivity contribution < 1.29 is 14.6 Å². The Bertz CT molecular complexity index is 1210. The van der Waals surface area contributed by atoms with Crippen molar-refractivity contribution in [1.29, 1.82) is 5.41 Å². The lowest BCUT2D eigenvalue weighted by atomic mass is 10.2. The van der Waals surface area contributed by atoms with Crippen molar-refractivity contribution in [3.05, 3.63) is 65.2 Å². The maximum Gasteiger partial charge on any atom is 0.338 e. The van der Waals surface area contributed by atoms with Gasteiger partial charge in [0.05, 0.1) is 34.8 Å². The van der Waals surface area contributed by atoms with Gasteiger partial charge in [-0.05, 0) is 56.7 Å². The Kier molecular flexibility index (Phi) is 4.81. The minimum atomic E-state index is -0.416. The Morgan fingerprint density at radius 3 is 2.73 bits per heavy atom. The minimum Gasteiger partial charge on any atom is -0.509 e. The minimum absolute atomic E-state index is 0.0743. The van der Waals surface area contributed by atoms with E-state index in [9.17, 15) is 9.90 Å². The lowest BCUT2D eigenvalue weighted by Gasteiger charge is -2.19. The molecule has 1 aliphatic rings. The number of ether oxygens (including phenoxy) is 1. The molecule has 0 fully saturated rings. The number of nitrogens with one attached hydrogen (secondary N) is 1. The highest BCUT2D eigenvalue weighted by Gasteiger charge is 2.32. The monoisotopic (exact) mass is 404 g/mol. The molecule has 1 aliphatic heterocycles. The van der Waals surface area contributed by atoms with Crippen LogP contribution < -0.4 is 4.90 Å². The number of hydrogen-bond donors (Lipinski definition) is 2. The smallest absolute Gasteiger partial charge is 0.338 e. The second-order valence-corrected chi connectivity index (χ2v) is 7.75. The van der Waals surface area contributed by atoms with E-state index in [1.165, 1.54) is 0 Å². The molecule has 0 spiro atoms. The van der Waals surface area contributed by atoms with Gasteiger partial charge in [0.2, 0.25) is 0 Å². The molecule has 7 heteroatoms. The van der Waals surface area contributed by atoms with Gasteiger partial charge in [-0.25, -0.2) is 9.78 Å².